The number of amides is 1. The zero-order valence-corrected chi connectivity index (χ0v) is 15.8. The zero-order valence-electron chi connectivity index (χ0n) is 15.8. The van der Waals surface area contributed by atoms with Crippen LogP contribution in [0.3, 0.4) is 0 Å². The van der Waals surface area contributed by atoms with Crippen LogP contribution in [0.2, 0.25) is 0 Å². The van der Waals surface area contributed by atoms with E-state index in [1.165, 1.54) is 11.1 Å². The van der Waals surface area contributed by atoms with Crippen molar-refractivity contribution in [3.05, 3.63) is 95.7 Å². The summed E-state index contributed by atoms with van der Waals surface area (Å²) in [6.45, 7) is 2.87. The first kappa shape index (κ1) is 17.9. The molecular weight excluding hydrogens is 346 g/mol. The lowest BCUT2D eigenvalue weighted by Gasteiger charge is -2.09. The lowest BCUT2D eigenvalue weighted by molar-refractivity contribution is -0.115. The minimum Gasteiger partial charge on any atom is -0.381 e. The fourth-order valence-electron chi connectivity index (χ4n) is 3.35. The van der Waals surface area contributed by atoms with Crippen molar-refractivity contribution in [1.29, 1.82) is 0 Å². The van der Waals surface area contributed by atoms with Gasteiger partial charge in [-0.1, -0.05) is 48.0 Å². The van der Waals surface area contributed by atoms with Crippen molar-refractivity contribution < 1.29 is 4.79 Å². The molecule has 0 atom stereocenters. The van der Waals surface area contributed by atoms with Crippen LogP contribution in [0.15, 0.2) is 79.0 Å². The van der Waals surface area contributed by atoms with E-state index in [0.29, 0.717) is 6.42 Å². The highest BCUT2D eigenvalue weighted by Crippen LogP contribution is 2.19. The predicted molar refractivity (Wildman–Crippen MR) is 116 cm³/mol. The van der Waals surface area contributed by atoms with Crippen LogP contribution in [0.5, 0.6) is 0 Å². The van der Waals surface area contributed by atoms with E-state index in [9.17, 15) is 4.79 Å². The van der Waals surface area contributed by atoms with E-state index in [2.05, 4.69) is 46.8 Å². The second-order valence-corrected chi connectivity index (χ2v) is 7.00. The quantitative estimate of drug-likeness (QED) is 0.434. The van der Waals surface area contributed by atoms with Crippen LogP contribution in [0.4, 0.5) is 11.4 Å². The van der Waals surface area contributed by atoms with Crippen LogP contribution in [-0.4, -0.2) is 10.9 Å². The van der Waals surface area contributed by atoms with Crippen molar-refractivity contribution >= 4 is 28.2 Å². The van der Waals surface area contributed by atoms with Crippen molar-refractivity contribution in [3.63, 3.8) is 0 Å². The molecule has 0 unspecified atom stereocenters. The monoisotopic (exact) mass is 369 g/mol. The first-order chi connectivity index (χ1) is 13.7. The fraction of sp³-hybridized carbons (Fsp3) is 0.125. The fourth-order valence-corrected chi connectivity index (χ4v) is 3.35. The molecule has 1 heterocycles. The van der Waals surface area contributed by atoms with Gasteiger partial charge in [-0.2, -0.15) is 0 Å². The maximum atomic E-state index is 12.4. The Bertz CT molecular complexity index is 1100. The normalized spacial score (nSPS) is 10.8. The number of hydrogen-bond donors (Lipinski definition) is 3. The summed E-state index contributed by atoms with van der Waals surface area (Å²) in [5.41, 5.74) is 6.38. The molecule has 3 N–H and O–H groups in total. The van der Waals surface area contributed by atoms with Crippen LogP contribution in [0.1, 0.15) is 16.7 Å². The third-order valence-electron chi connectivity index (χ3n) is 4.77. The van der Waals surface area contributed by atoms with Crippen molar-refractivity contribution in [2.24, 2.45) is 0 Å². The standard InChI is InChI=1S/C24H23N3O/c1-17-5-4-6-18(13-17)15-25-20-9-11-21(12-10-20)27-24(28)14-19-16-26-23-8-3-2-7-22(19)23/h2-13,16,25-26H,14-15H2,1H3,(H,27,28). The van der Waals surface area contributed by atoms with Gasteiger partial charge in [-0.15, -0.1) is 0 Å². The number of para-hydroxylation sites is 1. The van der Waals surface area contributed by atoms with Crippen LogP contribution in [-0.2, 0) is 17.8 Å². The first-order valence-corrected chi connectivity index (χ1v) is 9.42. The van der Waals surface area contributed by atoms with Crippen LogP contribution in [0.25, 0.3) is 10.9 Å². The van der Waals surface area contributed by atoms with Gasteiger partial charge in [0.15, 0.2) is 0 Å². The molecule has 0 saturated heterocycles. The molecule has 140 valence electrons. The van der Waals surface area contributed by atoms with Gasteiger partial charge in [-0.25, -0.2) is 0 Å². The lowest BCUT2D eigenvalue weighted by Crippen LogP contribution is -2.14. The number of rotatable bonds is 6. The second-order valence-electron chi connectivity index (χ2n) is 7.00. The molecule has 0 aliphatic carbocycles. The summed E-state index contributed by atoms with van der Waals surface area (Å²) in [5, 5.41) is 7.47. The van der Waals surface area contributed by atoms with Gasteiger partial charge in [0.25, 0.3) is 0 Å². The number of H-pyrrole nitrogens is 1. The molecule has 4 nitrogen and oxygen atoms in total. The summed E-state index contributed by atoms with van der Waals surface area (Å²) < 4.78 is 0. The molecule has 0 aliphatic rings. The lowest BCUT2D eigenvalue weighted by atomic mass is 10.1. The van der Waals surface area contributed by atoms with Gasteiger partial charge >= 0.3 is 0 Å². The number of hydrogen-bond acceptors (Lipinski definition) is 2. The van der Waals surface area contributed by atoms with Crippen LogP contribution >= 0.6 is 0 Å². The van der Waals surface area contributed by atoms with Crippen LogP contribution < -0.4 is 10.6 Å². The molecule has 0 bridgehead atoms. The number of nitrogens with one attached hydrogen (secondary N) is 3. The number of anilines is 2. The molecule has 4 rings (SSSR count). The van der Waals surface area contributed by atoms with Gasteiger partial charge in [0, 0.05) is 35.0 Å². The Morgan fingerprint density at radius 1 is 0.929 bits per heavy atom. The topological polar surface area (TPSA) is 56.9 Å². The second kappa shape index (κ2) is 8.01. The average molecular weight is 369 g/mol. The molecular formula is C24H23N3O. The zero-order chi connectivity index (χ0) is 19.3. The van der Waals surface area contributed by atoms with E-state index < -0.39 is 0 Å². The largest absolute Gasteiger partial charge is 0.381 e. The molecule has 4 heteroatoms. The summed E-state index contributed by atoms with van der Waals surface area (Å²) in [5.74, 6) is -0.0229. The predicted octanol–water partition coefficient (Wildman–Crippen LogP) is 5.27. The van der Waals surface area contributed by atoms with Gasteiger partial charge < -0.3 is 15.6 Å². The average Bonchev–Trinajstić information content (AvgIpc) is 3.10. The number of aryl methyl sites for hydroxylation is 1. The summed E-state index contributed by atoms with van der Waals surface area (Å²) in [7, 11) is 0. The van der Waals surface area contributed by atoms with Gasteiger partial charge in [0.2, 0.25) is 5.91 Å². The summed E-state index contributed by atoms with van der Waals surface area (Å²) in [6.07, 6.45) is 2.25. The number of fused-ring (bicyclic) bond motifs is 1. The van der Waals surface area contributed by atoms with Gasteiger partial charge in [-0.3, -0.25) is 4.79 Å². The number of aromatic nitrogens is 1. The molecule has 28 heavy (non-hydrogen) atoms. The van der Waals surface area contributed by atoms with Crippen molar-refractivity contribution in [1.82, 2.24) is 4.98 Å². The Morgan fingerprint density at radius 2 is 1.71 bits per heavy atom. The molecule has 0 saturated carbocycles. The highest BCUT2D eigenvalue weighted by molar-refractivity contribution is 5.95. The molecule has 0 aliphatic heterocycles. The molecule has 0 fully saturated rings. The Balaban J connectivity index is 1.34. The van der Waals surface area contributed by atoms with Crippen molar-refractivity contribution in [2.75, 3.05) is 10.6 Å². The Hall–Kier alpha value is -3.53. The van der Waals surface area contributed by atoms with Gasteiger partial charge in [-0.05, 0) is 48.4 Å². The van der Waals surface area contributed by atoms with Gasteiger partial charge in [0.05, 0.1) is 6.42 Å². The molecule has 3 aromatic carbocycles. The smallest absolute Gasteiger partial charge is 0.228 e. The van der Waals surface area contributed by atoms with Crippen molar-refractivity contribution in [2.45, 2.75) is 19.9 Å². The Morgan fingerprint density at radius 3 is 2.54 bits per heavy atom. The summed E-state index contributed by atoms with van der Waals surface area (Å²) in [4.78, 5) is 15.6. The number of carbonyl (C=O) groups is 1. The third kappa shape index (κ3) is 4.23. The van der Waals surface area contributed by atoms with Crippen LogP contribution in [0, 0.1) is 6.92 Å². The van der Waals surface area contributed by atoms with E-state index in [1.807, 2.05) is 54.7 Å². The highest BCUT2D eigenvalue weighted by atomic mass is 16.1. The molecule has 0 radical (unpaired) electrons. The maximum absolute atomic E-state index is 12.4. The van der Waals surface area contributed by atoms with E-state index in [0.717, 1.165) is 34.4 Å². The van der Waals surface area contributed by atoms with E-state index >= 15 is 0 Å². The highest BCUT2D eigenvalue weighted by Gasteiger charge is 2.09. The first-order valence-electron chi connectivity index (χ1n) is 9.42. The number of carbonyl (C=O) groups excluding carboxylic acids is 1. The molecule has 1 amide bonds. The molecule has 1 aromatic heterocycles. The number of benzene rings is 3. The Labute approximate surface area is 164 Å². The van der Waals surface area contributed by atoms with Gasteiger partial charge in [0.1, 0.15) is 0 Å². The minimum absolute atomic E-state index is 0.0229. The minimum atomic E-state index is -0.0229. The molecule has 0 spiro atoms. The summed E-state index contributed by atoms with van der Waals surface area (Å²) >= 11 is 0. The third-order valence-corrected chi connectivity index (χ3v) is 4.77. The van der Waals surface area contributed by atoms with E-state index in [4.69, 9.17) is 0 Å². The summed E-state index contributed by atoms with van der Waals surface area (Å²) in [6, 6.07) is 24.3. The number of aromatic amines is 1. The SMILES string of the molecule is Cc1cccc(CNc2ccc(NC(=O)Cc3c[nH]c4ccccc34)cc2)c1. The van der Waals surface area contributed by atoms with E-state index in [-0.39, 0.29) is 5.91 Å². The van der Waals surface area contributed by atoms with Crippen molar-refractivity contribution in [3.8, 4) is 0 Å². The maximum Gasteiger partial charge on any atom is 0.228 e. The Kier molecular flexibility index (Phi) is 5.11. The van der Waals surface area contributed by atoms with E-state index in [1.54, 1.807) is 0 Å². The molecule has 4 aromatic rings.